The van der Waals surface area contributed by atoms with Crippen LogP contribution in [-0.2, 0) is 4.79 Å². The van der Waals surface area contributed by atoms with Gasteiger partial charge in [0.05, 0.1) is 17.7 Å². The molecule has 5 nitrogen and oxygen atoms in total. The molecule has 0 aromatic carbocycles. The maximum absolute atomic E-state index is 12.2. The van der Waals surface area contributed by atoms with Gasteiger partial charge >= 0.3 is 0 Å². The minimum Gasteiger partial charge on any atom is -0.469 e. The molecule has 1 saturated carbocycles. The molecule has 0 unspecified atom stereocenters. The Kier molecular flexibility index (Phi) is 3.94. The van der Waals surface area contributed by atoms with Crippen LogP contribution >= 0.6 is 0 Å². The quantitative estimate of drug-likeness (QED) is 0.664. The summed E-state index contributed by atoms with van der Waals surface area (Å²) in [6.45, 7) is 9.86. The van der Waals surface area contributed by atoms with Crippen LogP contribution in [0.1, 0.15) is 43.8 Å². The van der Waals surface area contributed by atoms with E-state index in [1.165, 1.54) is 11.8 Å². The predicted molar refractivity (Wildman–Crippen MR) is 79.2 cm³/mol. The van der Waals surface area contributed by atoms with E-state index in [1.807, 2.05) is 13.8 Å². The molecule has 114 valence electrons. The highest BCUT2D eigenvalue weighted by Gasteiger charge is 2.60. The van der Waals surface area contributed by atoms with Gasteiger partial charge in [0.1, 0.15) is 5.76 Å². The summed E-state index contributed by atoms with van der Waals surface area (Å²) in [5, 5.41) is 0. The lowest BCUT2D eigenvalue weighted by Gasteiger charge is -2.07. The number of allylic oxidation sites excluding steroid dienone is 2. The van der Waals surface area contributed by atoms with Crippen LogP contribution in [0.2, 0.25) is 0 Å². The molecule has 0 radical (unpaired) electrons. The Hall–Kier alpha value is -2.04. The zero-order valence-corrected chi connectivity index (χ0v) is 13.1. The van der Waals surface area contributed by atoms with Gasteiger partial charge in [0.15, 0.2) is 0 Å². The summed E-state index contributed by atoms with van der Waals surface area (Å²) in [6.07, 6.45) is 3.56. The van der Waals surface area contributed by atoms with Gasteiger partial charge in [-0.05, 0) is 38.2 Å². The summed E-state index contributed by atoms with van der Waals surface area (Å²) in [6, 6.07) is 1.57. The van der Waals surface area contributed by atoms with E-state index in [4.69, 9.17) is 4.42 Å². The van der Waals surface area contributed by atoms with Crippen molar-refractivity contribution in [2.75, 3.05) is 0 Å². The van der Waals surface area contributed by atoms with E-state index in [2.05, 4.69) is 30.8 Å². The van der Waals surface area contributed by atoms with E-state index in [-0.39, 0.29) is 29.1 Å². The van der Waals surface area contributed by atoms with E-state index >= 15 is 0 Å². The molecule has 2 atom stereocenters. The second-order valence-electron chi connectivity index (χ2n) is 6.40. The van der Waals surface area contributed by atoms with Gasteiger partial charge in [0, 0.05) is 0 Å². The number of rotatable bonds is 3. The summed E-state index contributed by atoms with van der Waals surface area (Å²) in [7, 11) is 0. The molecule has 0 saturated heterocycles. The van der Waals surface area contributed by atoms with Crippen LogP contribution < -0.4 is 10.9 Å². The lowest BCUT2D eigenvalue weighted by Crippen LogP contribution is -2.43. The van der Waals surface area contributed by atoms with Gasteiger partial charge in [0.25, 0.3) is 5.91 Å². The predicted octanol–water partition coefficient (Wildman–Crippen LogP) is 2.59. The van der Waals surface area contributed by atoms with Crippen LogP contribution in [-0.4, -0.2) is 11.8 Å². The van der Waals surface area contributed by atoms with Crippen molar-refractivity contribution < 1.29 is 14.0 Å². The number of hydrogen-bond acceptors (Lipinski definition) is 3. The van der Waals surface area contributed by atoms with Crippen LogP contribution in [0.25, 0.3) is 0 Å². The Bertz CT molecular complexity index is 594. The molecule has 21 heavy (non-hydrogen) atoms. The molecule has 5 heteroatoms. The van der Waals surface area contributed by atoms with Gasteiger partial charge in [-0.15, -0.1) is 0 Å². The molecule has 0 bridgehead atoms. The SMILES string of the molecule is CC(C)=C[C@@H]1[C@@H](C(=O)NNC(=O)c2ccoc2C)C1(C)C. The van der Waals surface area contributed by atoms with Crippen molar-refractivity contribution in [3.63, 3.8) is 0 Å². The highest BCUT2D eigenvalue weighted by Crippen LogP contribution is 2.59. The van der Waals surface area contributed by atoms with Gasteiger partial charge in [-0.2, -0.15) is 0 Å². The Balaban J connectivity index is 1.93. The number of hydrazine groups is 1. The summed E-state index contributed by atoms with van der Waals surface area (Å²) in [5.41, 5.74) is 6.50. The first kappa shape index (κ1) is 15.4. The smallest absolute Gasteiger partial charge is 0.273 e. The molecule has 0 aliphatic heterocycles. The third kappa shape index (κ3) is 3.01. The minimum atomic E-state index is -0.369. The normalized spacial score (nSPS) is 22.3. The van der Waals surface area contributed by atoms with Crippen molar-refractivity contribution in [2.45, 2.75) is 34.6 Å². The van der Waals surface area contributed by atoms with Crippen molar-refractivity contribution in [1.82, 2.24) is 10.9 Å². The number of carbonyl (C=O) groups is 2. The number of carbonyl (C=O) groups excluding carboxylic acids is 2. The largest absolute Gasteiger partial charge is 0.469 e. The van der Waals surface area contributed by atoms with E-state index in [0.29, 0.717) is 11.3 Å². The Morgan fingerprint density at radius 1 is 1.29 bits per heavy atom. The Labute approximate surface area is 124 Å². The van der Waals surface area contributed by atoms with Crippen molar-refractivity contribution in [3.05, 3.63) is 35.3 Å². The van der Waals surface area contributed by atoms with Crippen LogP contribution in [0.4, 0.5) is 0 Å². The number of hydrogen-bond donors (Lipinski definition) is 2. The van der Waals surface area contributed by atoms with E-state index in [0.717, 1.165) is 0 Å². The first-order valence-corrected chi connectivity index (χ1v) is 7.04. The van der Waals surface area contributed by atoms with Gasteiger partial charge in [0.2, 0.25) is 5.91 Å². The van der Waals surface area contributed by atoms with Gasteiger partial charge in [-0.3, -0.25) is 20.4 Å². The van der Waals surface area contributed by atoms with Crippen molar-refractivity contribution in [3.8, 4) is 0 Å². The van der Waals surface area contributed by atoms with Crippen LogP contribution in [0.5, 0.6) is 0 Å². The minimum absolute atomic E-state index is 0.0718. The highest BCUT2D eigenvalue weighted by molar-refractivity contribution is 5.96. The van der Waals surface area contributed by atoms with Crippen molar-refractivity contribution in [1.29, 1.82) is 0 Å². The van der Waals surface area contributed by atoms with Crippen LogP contribution in [0, 0.1) is 24.2 Å². The molecule has 2 N–H and O–H groups in total. The van der Waals surface area contributed by atoms with Gasteiger partial charge in [-0.1, -0.05) is 25.5 Å². The fraction of sp³-hybridized carbons (Fsp3) is 0.500. The summed E-state index contributed by atoms with van der Waals surface area (Å²) >= 11 is 0. The molecule has 1 aromatic heterocycles. The summed E-state index contributed by atoms with van der Waals surface area (Å²) in [4.78, 5) is 24.1. The van der Waals surface area contributed by atoms with E-state index < -0.39 is 0 Å². The maximum Gasteiger partial charge on any atom is 0.273 e. The molecule has 1 fully saturated rings. The highest BCUT2D eigenvalue weighted by atomic mass is 16.3. The molecule has 1 aliphatic carbocycles. The van der Waals surface area contributed by atoms with Crippen LogP contribution in [0.3, 0.4) is 0 Å². The second-order valence-corrected chi connectivity index (χ2v) is 6.40. The molecule has 1 aromatic rings. The van der Waals surface area contributed by atoms with Gasteiger partial charge in [-0.25, -0.2) is 0 Å². The van der Waals surface area contributed by atoms with E-state index in [1.54, 1.807) is 13.0 Å². The molecular weight excluding hydrogens is 268 g/mol. The Morgan fingerprint density at radius 3 is 2.48 bits per heavy atom. The zero-order valence-electron chi connectivity index (χ0n) is 13.1. The summed E-state index contributed by atoms with van der Waals surface area (Å²) < 4.78 is 5.06. The first-order chi connectivity index (χ1) is 9.75. The molecular formula is C16H22N2O3. The zero-order chi connectivity index (χ0) is 15.8. The third-order valence-corrected chi connectivity index (χ3v) is 4.11. The fourth-order valence-corrected chi connectivity index (χ4v) is 2.73. The lowest BCUT2D eigenvalue weighted by molar-refractivity contribution is -0.123. The van der Waals surface area contributed by atoms with Gasteiger partial charge < -0.3 is 4.42 Å². The molecule has 0 spiro atoms. The molecule has 1 aliphatic rings. The second kappa shape index (κ2) is 5.39. The average Bonchev–Trinajstić information content (AvgIpc) is 2.72. The number of furan rings is 1. The number of aryl methyl sites for hydroxylation is 1. The van der Waals surface area contributed by atoms with E-state index in [9.17, 15) is 9.59 Å². The fourth-order valence-electron chi connectivity index (χ4n) is 2.73. The Morgan fingerprint density at radius 2 is 1.95 bits per heavy atom. The van der Waals surface area contributed by atoms with Crippen molar-refractivity contribution >= 4 is 11.8 Å². The third-order valence-electron chi connectivity index (χ3n) is 4.11. The topological polar surface area (TPSA) is 71.3 Å². The maximum atomic E-state index is 12.2. The monoisotopic (exact) mass is 290 g/mol. The van der Waals surface area contributed by atoms with Crippen molar-refractivity contribution in [2.24, 2.45) is 17.3 Å². The number of nitrogens with one attached hydrogen (secondary N) is 2. The molecule has 2 rings (SSSR count). The summed E-state index contributed by atoms with van der Waals surface area (Å²) in [5.74, 6) is 0.105. The lowest BCUT2D eigenvalue weighted by atomic mass is 10.1. The van der Waals surface area contributed by atoms with Crippen LogP contribution in [0.15, 0.2) is 28.4 Å². The standard InChI is InChI=1S/C16H22N2O3/c1-9(2)8-12-13(16(12,4)5)15(20)18-17-14(19)11-6-7-21-10(11)3/h6-8,12-13H,1-5H3,(H,17,19)(H,18,20)/t12-,13+/m1/s1. The molecule has 2 amide bonds. The molecule has 1 heterocycles. The average molecular weight is 290 g/mol. The number of amides is 2. The first-order valence-electron chi connectivity index (χ1n) is 7.04.